The van der Waals surface area contributed by atoms with Crippen LogP contribution in [-0.2, 0) is 9.53 Å². The van der Waals surface area contributed by atoms with Crippen LogP contribution in [0.4, 0.5) is 11.4 Å². The predicted molar refractivity (Wildman–Crippen MR) is 85.3 cm³/mol. The van der Waals surface area contributed by atoms with Crippen molar-refractivity contribution in [2.24, 2.45) is 0 Å². The molecule has 0 aliphatic carbocycles. The summed E-state index contributed by atoms with van der Waals surface area (Å²) in [5.74, 6) is -0.0239. The molecule has 5 heteroatoms. The fraction of sp³-hybridized carbons (Fsp3) is 0.562. The van der Waals surface area contributed by atoms with Gasteiger partial charge < -0.3 is 15.8 Å². The largest absolute Gasteiger partial charge is 0.398 e. The average Bonchev–Trinajstić information content (AvgIpc) is 2.95. The van der Waals surface area contributed by atoms with Gasteiger partial charge >= 0.3 is 0 Å². The molecule has 1 heterocycles. The molecule has 5 nitrogen and oxygen atoms in total. The van der Waals surface area contributed by atoms with Crippen LogP contribution in [0.3, 0.4) is 0 Å². The molecule has 2 atom stereocenters. The van der Waals surface area contributed by atoms with E-state index in [1.54, 1.807) is 0 Å². The molecular weight excluding hydrogens is 266 g/mol. The minimum absolute atomic E-state index is 0.0239. The van der Waals surface area contributed by atoms with E-state index < -0.39 is 0 Å². The van der Waals surface area contributed by atoms with Crippen molar-refractivity contribution in [2.45, 2.75) is 38.8 Å². The number of nitrogens with zero attached hydrogens (tertiary/aromatic N) is 1. The van der Waals surface area contributed by atoms with Gasteiger partial charge in [-0.25, -0.2) is 0 Å². The zero-order valence-corrected chi connectivity index (χ0v) is 13.1. The van der Waals surface area contributed by atoms with E-state index in [0.29, 0.717) is 5.69 Å². The first-order chi connectivity index (χ1) is 9.99. The Kier molecular flexibility index (Phi) is 5.20. The molecule has 0 aromatic heterocycles. The van der Waals surface area contributed by atoms with Crippen LogP contribution in [0, 0.1) is 6.92 Å². The Balaban J connectivity index is 1.93. The number of amides is 1. The minimum Gasteiger partial charge on any atom is -0.398 e. The highest BCUT2D eigenvalue weighted by Gasteiger charge is 2.24. The Bertz CT molecular complexity index is 498. The molecule has 1 aromatic rings. The van der Waals surface area contributed by atoms with E-state index >= 15 is 0 Å². The number of nitrogens with one attached hydrogen (secondary N) is 1. The van der Waals surface area contributed by atoms with Crippen LogP contribution in [0.1, 0.15) is 25.3 Å². The summed E-state index contributed by atoms with van der Waals surface area (Å²) in [6.07, 6.45) is 2.44. The van der Waals surface area contributed by atoms with Crippen molar-refractivity contribution >= 4 is 17.3 Å². The van der Waals surface area contributed by atoms with Crippen LogP contribution < -0.4 is 11.1 Å². The standard InChI is InChI=1S/C16H25N3O2/c1-11-14(17)7-4-8-15(11)18-16(20)12(2)19(3)10-13-6-5-9-21-13/h4,7-8,12-13H,5-6,9-10,17H2,1-3H3,(H,18,20). The Morgan fingerprint density at radius 2 is 2.33 bits per heavy atom. The van der Waals surface area contributed by atoms with E-state index in [4.69, 9.17) is 10.5 Å². The highest BCUT2D eigenvalue weighted by molar-refractivity contribution is 5.95. The number of hydrogen-bond acceptors (Lipinski definition) is 4. The normalized spacial score (nSPS) is 19.7. The van der Waals surface area contributed by atoms with Gasteiger partial charge in [-0.1, -0.05) is 6.07 Å². The van der Waals surface area contributed by atoms with Gasteiger partial charge in [-0.15, -0.1) is 0 Å². The smallest absolute Gasteiger partial charge is 0.241 e. The summed E-state index contributed by atoms with van der Waals surface area (Å²) in [5.41, 5.74) is 8.23. The third-order valence-electron chi connectivity index (χ3n) is 4.19. The molecular formula is C16H25N3O2. The van der Waals surface area contributed by atoms with Gasteiger partial charge in [0.05, 0.1) is 12.1 Å². The van der Waals surface area contributed by atoms with Crippen molar-refractivity contribution in [3.63, 3.8) is 0 Å². The van der Waals surface area contributed by atoms with E-state index in [1.807, 2.05) is 44.0 Å². The first-order valence-electron chi connectivity index (χ1n) is 7.47. The Morgan fingerprint density at radius 3 is 3.00 bits per heavy atom. The number of hydrogen-bond donors (Lipinski definition) is 2. The van der Waals surface area contributed by atoms with Gasteiger partial charge in [-0.2, -0.15) is 0 Å². The second kappa shape index (κ2) is 6.91. The Labute approximate surface area is 126 Å². The SMILES string of the molecule is Cc1c(N)cccc1NC(=O)C(C)N(C)CC1CCCO1. The zero-order valence-electron chi connectivity index (χ0n) is 13.1. The molecule has 1 aliphatic rings. The van der Waals surface area contributed by atoms with Crippen LogP contribution in [0.15, 0.2) is 18.2 Å². The Morgan fingerprint density at radius 1 is 1.57 bits per heavy atom. The first kappa shape index (κ1) is 15.8. The fourth-order valence-electron chi connectivity index (χ4n) is 2.49. The molecule has 1 aliphatic heterocycles. The number of ether oxygens (including phenoxy) is 1. The maximum absolute atomic E-state index is 12.4. The lowest BCUT2D eigenvalue weighted by atomic mass is 10.1. The van der Waals surface area contributed by atoms with E-state index in [2.05, 4.69) is 5.32 Å². The summed E-state index contributed by atoms with van der Waals surface area (Å²) in [6.45, 7) is 5.43. The third kappa shape index (κ3) is 3.95. The van der Waals surface area contributed by atoms with Gasteiger partial charge in [0.25, 0.3) is 0 Å². The lowest BCUT2D eigenvalue weighted by Gasteiger charge is -2.26. The second-order valence-electron chi connectivity index (χ2n) is 5.76. The van der Waals surface area contributed by atoms with E-state index in [-0.39, 0.29) is 18.1 Å². The van der Waals surface area contributed by atoms with Gasteiger partial charge in [0.2, 0.25) is 5.91 Å². The highest BCUT2D eigenvalue weighted by Crippen LogP contribution is 2.21. The molecule has 2 rings (SSSR count). The van der Waals surface area contributed by atoms with Crippen molar-refractivity contribution in [2.75, 3.05) is 31.2 Å². The number of nitrogen functional groups attached to an aromatic ring is 1. The molecule has 0 saturated carbocycles. The van der Waals surface area contributed by atoms with Crippen molar-refractivity contribution in [3.05, 3.63) is 23.8 Å². The van der Waals surface area contributed by atoms with Crippen LogP contribution in [0.5, 0.6) is 0 Å². The van der Waals surface area contributed by atoms with Crippen molar-refractivity contribution in [3.8, 4) is 0 Å². The molecule has 1 amide bonds. The van der Waals surface area contributed by atoms with E-state index in [9.17, 15) is 4.79 Å². The quantitative estimate of drug-likeness (QED) is 0.814. The molecule has 1 saturated heterocycles. The topological polar surface area (TPSA) is 67.6 Å². The molecule has 0 bridgehead atoms. The summed E-state index contributed by atoms with van der Waals surface area (Å²) in [7, 11) is 1.96. The predicted octanol–water partition coefficient (Wildman–Crippen LogP) is 2.02. The van der Waals surface area contributed by atoms with Crippen LogP contribution in [0.25, 0.3) is 0 Å². The molecule has 3 N–H and O–H groups in total. The van der Waals surface area contributed by atoms with Gasteiger partial charge in [0.15, 0.2) is 0 Å². The number of rotatable bonds is 5. The maximum Gasteiger partial charge on any atom is 0.241 e. The minimum atomic E-state index is -0.213. The van der Waals surface area contributed by atoms with E-state index in [1.165, 1.54) is 0 Å². The van der Waals surface area contributed by atoms with Gasteiger partial charge in [0, 0.05) is 24.5 Å². The molecule has 0 spiro atoms. The molecule has 2 unspecified atom stereocenters. The molecule has 1 aromatic carbocycles. The monoisotopic (exact) mass is 291 g/mol. The number of anilines is 2. The summed E-state index contributed by atoms with van der Waals surface area (Å²) < 4.78 is 5.62. The summed E-state index contributed by atoms with van der Waals surface area (Å²) in [4.78, 5) is 14.4. The van der Waals surface area contributed by atoms with Crippen LogP contribution in [-0.4, -0.2) is 43.2 Å². The third-order valence-corrected chi connectivity index (χ3v) is 4.19. The van der Waals surface area contributed by atoms with Gasteiger partial charge in [-0.05, 0) is 51.4 Å². The first-order valence-corrected chi connectivity index (χ1v) is 7.47. The van der Waals surface area contributed by atoms with Crippen molar-refractivity contribution < 1.29 is 9.53 Å². The lowest BCUT2D eigenvalue weighted by Crippen LogP contribution is -2.43. The average molecular weight is 291 g/mol. The van der Waals surface area contributed by atoms with Crippen molar-refractivity contribution in [1.82, 2.24) is 4.90 Å². The number of benzene rings is 1. The molecule has 1 fully saturated rings. The highest BCUT2D eigenvalue weighted by atomic mass is 16.5. The van der Waals surface area contributed by atoms with Gasteiger partial charge in [0.1, 0.15) is 0 Å². The fourth-order valence-corrected chi connectivity index (χ4v) is 2.49. The Hall–Kier alpha value is -1.59. The molecule has 116 valence electrons. The molecule has 0 radical (unpaired) electrons. The van der Waals surface area contributed by atoms with Crippen LogP contribution >= 0.6 is 0 Å². The number of nitrogens with two attached hydrogens (primary N) is 1. The number of likely N-dealkylation sites (N-methyl/N-ethyl adjacent to an activating group) is 1. The number of carbonyl (C=O) groups excluding carboxylic acids is 1. The second-order valence-corrected chi connectivity index (χ2v) is 5.76. The zero-order chi connectivity index (χ0) is 15.4. The summed E-state index contributed by atoms with van der Waals surface area (Å²) >= 11 is 0. The molecule has 21 heavy (non-hydrogen) atoms. The maximum atomic E-state index is 12.4. The number of carbonyl (C=O) groups is 1. The van der Waals surface area contributed by atoms with Gasteiger partial charge in [-0.3, -0.25) is 9.69 Å². The summed E-state index contributed by atoms with van der Waals surface area (Å²) in [5, 5.41) is 2.96. The summed E-state index contributed by atoms with van der Waals surface area (Å²) in [6, 6.07) is 5.34. The van der Waals surface area contributed by atoms with Crippen LogP contribution in [0.2, 0.25) is 0 Å². The van der Waals surface area contributed by atoms with Crippen molar-refractivity contribution in [1.29, 1.82) is 0 Å². The lowest BCUT2D eigenvalue weighted by molar-refractivity contribution is -0.120. The van der Waals surface area contributed by atoms with E-state index in [0.717, 1.165) is 37.2 Å².